The van der Waals surface area contributed by atoms with Crippen molar-refractivity contribution in [3.8, 4) is 0 Å². The molecule has 0 radical (unpaired) electrons. The summed E-state index contributed by atoms with van der Waals surface area (Å²) in [7, 11) is 0. The van der Waals surface area contributed by atoms with Crippen molar-refractivity contribution in [2.45, 2.75) is 19.3 Å². The molecule has 19 heavy (non-hydrogen) atoms. The van der Waals surface area contributed by atoms with E-state index >= 15 is 0 Å². The van der Waals surface area contributed by atoms with Crippen molar-refractivity contribution < 1.29 is 14.3 Å². The lowest BCUT2D eigenvalue weighted by molar-refractivity contribution is -0.138. The van der Waals surface area contributed by atoms with Gasteiger partial charge in [0, 0.05) is 0 Å². The summed E-state index contributed by atoms with van der Waals surface area (Å²) in [4.78, 5) is 11.4. The Balaban J connectivity index is 2.35. The lowest BCUT2D eigenvalue weighted by atomic mass is 9.89. The van der Waals surface area contributed by atoms with Crippen molar-refractivity contribution in [2.24, 2.45) is 0 Å². The maximum absolute atomic E-state index is 13.6. The summed E-state index contributed by atoms with van der Waals surface area (Å²) in [5.74, 6) is -2.02. The maximum atomic E-state index is 13.6. The van der Waals surface area contributed by atoms with Gasteiger partial charge in [0.2, 0.25) is 0 Å². The zero-order valence-corrected chi connectivity index (χ0v) is 10.6. The van der Waals surface area contributed by atoms with Crippen LogP contribution in [-0.4, -0.2) is 11.1 Å². The van der Waals surface area contributed by atoms with Gasteiger partial charge in [0.05, 0.1) is 5.92 Å². The molecule has 1 atom stereocenters. The third kappa shape index (κ3) is 2.99. The van der Waals surface area contributed by atoms with Gasteiger partial charge in [0.1, 0.15) is 5.82 Å². The highest BCUT2D eigenvalue weighted by molar-refractivity contribution is 5.77. The molecule has 2 aromatic carbocycles. The van der Waals surface area contributed by atoms with Crippen molar-refractivity contribution in [2.75, 3.05) is 0 Å². The average Bonchev–Trinajstić information content (AvgIpc) is 2.38. The monoisotopic (exact) mass is 258 g/mol. The van der Waals surface area contributed by atoms with Gasteiger partial charge in [-0.25, -0.2) is 4.39 Å². The van der Waals surface area contributed by atoms with Crippen molar-refractivity contribution >= 4 is 5.97 Å². The minimum Gasteiger partial charge on any atom is -0.481 e. The molecule has 0 aliphatic heterocycles. The molecule has 0 saturated carbocycles. The fourth-order valence-corrected chi connectivity index (χ4v) is 2.19. The molecule has 2 nitrogen and oxygen atoms in total. The van der Waals surface area contributed by atoms with Crippen LogP contribution in [0.5, 0.6) is 0 Å². The van der Waals surface area contributed by atoms with Gasteiger partial charge in [-0.1, -0.05) is 42.5 Å². The first-order valence-corrected chi connectivity index (χ1v) is 6.11. The molecule has 0 amide bonds. The molecular weight excluding hydrogens is 243 g/mol. The van der Waals surface area contributed by atoms with E-state index in [-0.39, 0.29) is 12.2 Å². The number of aryl methyl sites for hydroxylation is 1. The van der Waals surface area contributed by atoms with Gasteiger partial charge < -0.3 is 5.11 Å². The Morgan fingerprint density at radius 3 is 2.42 bits per heavy atom. The molecule has 3 heteroatoms. The summed E-state index contributed by atoms with van der Waals surface area (Å²) in [5, 5.41) is 9.38. The van der Waals surface area contributed by atoms with Crippen LogP contribution < -0.4 is 0 Å². The normalized spacial score (nSPS) is 12.1. The Labute approximate surface area is 111 Å². The second-order valence-corrected chi connectivity index (χ2v) is 4.54. The smallest absolute Gasteiger partial charge is 0.311 e. The van der Waals surface area contributed by atoms with Gasteiger partial charge in [-0.15, -0.1) is 0 Å². The zero-order chi connectivity index (χ0) is 13.8. The summed E-state index contributed by atoms with van der Waals surface area (Å²) < 4.78 is 13.6. The number of aliphatic carboxylic acids is 1. The van der Waals surface area contributed by atoms with E-state index in [0.717, 1.165) is 11.1 Å². The summed E-state index contributed by atoms with van der Waals surface area (Å²) in [6.07, 6.45) is 0.160. The Hall–Kier alpha value is -2.16. The molecule has 0 fully saturated rings. The largest absolute Gasteiger partial charge is 0.481 e. The average molecular weight is 258 g/mol. The van der Waals surface area contributed by atoms with Crippen LogP contribution in [0.4, 0.5) is 4.39 Å². The Kier molecular flexibility index (Phi) is 3.95. The third-order valence-corrected chi connectivity index (χ3v) is 3.24. The molecular formula is C16H15FO2. The molecule has 2 rings (SSSR count). The van der Waals surface area contributed by atoms with Crippen molar-refractivity contribution in [3.05, 3.63) is 71.0 Å². The maximum Gasteiger partial charge on any atom is 0.311 e. The van der Waals surface area contributed by atoms with E-state index in [0.29, 0.717) is 5.56 Å². The molecule has 0 aromatic heterocycles. The Morgan fingerprint density at radius 1 is 1.16 bits per heavy atom. The first-order chi connectivity index (χ1) is 9.09. The lowest BCUT2D eigenvalue weighted by Gasteiger charge is -2.15. The van der Waals surface area contributed by atoms with Crippen LogP contribution in [0.2, 0.25) is 0 Å². The van der Waals surface area contributed by atoms with E-state index in [1.54, 1.807) is 30.3 Å². The number of hydrogen-bond donors (Lipinski definition) is 1. The summed E-state index contributed by atoms with van der Waals surface area (Å²) in [6.45, 7) is 1.87. The molecule has 0 heterocycles. The molecule has 0 saturated heterocycles. The fraction of sp³-hybridized carbons (Fsp3) is 0.188. The van der Waals surface area contributed by atoms with E-state index in [2.05, 4.69) is 0 Å². The predicted molar refractivity (Wildman–Crippen MR) is 71.7 cm³/mol. The number of benzene rings is 2. The number of halogens is 1. The zero-order valence-electron chi connectivity index (χ0n) is 10.6. The van der Waals surface area contributed by atoms with Gasteiger partial charge in [-0.05, 0) is 36.1 Å². The van der Waals surface area contributed by atoms with E-state index < -0.39 is 11.9 Å². The second kappa shape index (κ2) is 5.65. The minimum absolute atomic E-state index is 0.160. The summed E-state index contributed by atoms with van der Waals surface area (Å²) in [5.41, 5.74) is 2.07. The van der Waals surface area contributed by atoms with Crippen LogP contribution in [0.25, 0.3) is 0 Å². The highest BCUT2D eigenvalue weighted by Crippen LogP contribution is 2.25. The number of carbonyl (C=O) groups is 1. The molecule has 98 valence electrons. The van der Waals surface area contributed by atoms with E-state index in [9.17, 15) is 14.3 Å². The van der Waals surface area contributed by atoms with Crippen LogP contribution in [0.3, 0.4) is 0 Å². The number of hydrogen-bond acceptors (Lipinski definition) is 1. The number of carboxylic acid groups (broad SMARTS) is 1. The van der Waals surface area contributed by atoms with E-state index in [1.807, 2.05) is 19.1 Å². The number of rotatable bonds is 4. The van der Waals surface area contributed by atoms with Crippen LogP contribution in [-0.2, 0) is 11.2 Å². The summed E-state index contributed by atoms with van der Waals surface area (Å²) in [6, 6.07) is 13.6. The number of carboxylic acids is 1. The first kappa shape index (κ1) is 13.3. The van der Waals surface area contributed by atoms with Gasteiger partial charge in [-0.2, -0.15) is 0 Å². The predicted octanol–water partition coefficient (Wildman–Crippen LogP) is 3.55. The van der Waals surface area contributed by atoms with Gasteiger partial charge >= 0.3 is 5.97 Å². The Bertz CT molecular complexity index is 593. The first-order valence-electron chi connectivity index (χ1n) is 6.11. The van der Waals surface area contributed by atoms with Crippen molar-refractivity contribution in [1.29, 1.82) is 0 Å². The standard InChI is InChI=1S/C16H15FO2/c1-11-6-2-4-8-13(11)14(16(18)19)10-12-7-3-5-9-15(12)17/h2-9,14H,10H2,1H3,(H,18,19). The molecule has 0 spiro atoms. The van der Waals surface area contributed by atoms with Crippen LogP contribution >= 0.6 is 0 Å². The van der Waals surface area contributed by atoms with Crippen molar-refractivity contribution in [3.63, 3.8) is 0 Å². The highest BCUT2D eigenvalue weighted by Gasteiger charge is 2.22. The van der Waals surface area contributed by atoms with E-state index in [4.69, 9.17) is 0 Å². The van der Waals surface area contributed by atoms with Gasteiger partial charge in [-0.3, -0.25) is 4.79 Å². The highest BCUT2D eigenvalue weighted by atomic mass is 19.1. The van der Waals surface area contributed by atoms with Crippen LogP contribution in [0.15, 0.2) is 48.5 Å². The van der Waals surface area contributed by atoms with Gasteiger partial charge in [0.15, 0.2) is 0 Å². The van der Waals surface area contributed by atoms with Crippen LogP contribution in [0, 0.1) is 12.7 Å². The molecule has 0 aliphatic carbocycles. The quantitative estimate of drug-likeness (QED) is 0.910. The molecule has 2 aromatic rings. The summed E-state index contributed by atoms with van der Waals surface area (Å²) >= 11 is 0. The molecule has 0 aliphatic rings. The topological polar surface area (TPSA) is 37.3 Å². The molecule has 0 bridgehead atoms. The molecule has 1 N–H and O–H groups in total. The van der Waals surface area contributed by atoms with E-state index in [1.165, 1.54) is 6.07 Å². The van der Waals surface area contributed by atoms with Gasteiger partial charge in [0.25, 0.3) is 0 Å². The fourth-order valence-electron chi connectivity index (χ4n) is 2.19. The molecule has 1 unspecified atom stereocenters. The minimum atomic E-state index is -0.933. The third-order valence-electron chi connectivity index (χ3n) is 3.24. The second-order valence-electron chi connectivity index (χ2n) is 4.54. The SMILES string of the molecule is Cc1ccccc1C(Cc1ccccc1F)C(=O)O. The van der Waals surface area contributed by atoms with Crippen molar-refractivity contribution in [1.82, 2.24) is 0 Å². The van der Waals surface area contributed by atoms with Crippen LogP contribution in [0.1, 0.15) is 22.6 Å². The Morgan fingerprint density at radius 2 is 1.79 bits per heavy atom. The lowest BCUT2D eigenvalue weighted by Crippen LogP contribution is -2.16.